The van der Waals surface area contributed by atoms with E-state index in [2.05, 4.69) is 4.98 Å². The maximum Gasteiger partial charge on any atom is 0.313 e. The summed E-state index contributed by atoms with van der Waals surface area (Å²) in [5, 5.41) is 0.647. The third kappa shape index (κ3) is 2.73. The first-order chi connectivity index (χ1) is 9.04. The summed E-state index contributed by atoms with van der Waals surface area (Å²) < 4.78 is 6.98. The Kier molecular flexibility index (Phi) is 4.10. The van der Waals surface area contributed by atoms with Crippen molar-refractivity contribution in [2.75, 3.05) is 6.61 Å². The second-order valence-corrected chi connectivity index (χ2v) is 4.99. The number of aromatic nitrogens is 2. The first-order valence-corrected chi connectivity index (χ1v) is 6.73. The molecule has 0 radical (unpaired) electrons. The molecule has 2 aromatic rings. The highest BCUT2D eigenvalue weighted by atomic mass is 35.5. The third-order valence-corrected chi connectivity index (χ3v) is 3.16. The van der Waals surface area contributed by atoms with E-state index in [-0.39, 0.29) is 18.4 Å². The van der Waals surface area contributed by atoms with Crippen molar-refractivity contribution < 1.29 is 9.53 Å². The van der Waals surface area contributed by atoms with Gasteiger partial charge in [-0.1, -0.05) is 17.7 Å². The Bertz CT molecular complexity index is 605. The van der Waals surface area contributed by atoms with Gasteiger partial charge in [-0.3, -0.25) is 4.79 Å². The Morgan fingerprint density at radius 3 is 2.84 bits per heavy atom. The topological polar surface area (TPSA) is 44.1 Å². The van der Waals surface area contributed by atoms with E-state index >= 15 is 0 Å². The number of para-hydroxylation sites is 1. The lowest BCUT2D eigenvalue weighted by atomic mass is 10.3. The molecule has 0 amide bonds. The molecule has 0 aliphatic rings. The number of carbonyl (C=O) groups is 1. The van der Waals surface area contributed by atoms with Crippen molar-refractivity contribution in [1.29, 1.82) is 0 Å². The van der Waals surface area contributed by atoms with E-state index in [0.29, 0.717) is 17.5 Å². The van der Waals surface area contributed by atoms with Gasteiger partial charge in [0.1, 0.15) is 12.2 Å². The number of esters is 1. The molecule has 0 bridgehead atoms. The van der Waals surface area contributed by atoms with E-state index in [9.17, 15) is 4.79 Å². The molecular weight excluding hydrogens is 264 g/mol. The molecule has 0 N–H and O–H groups in total. The summed E-state index contributed by atoms with van der Waals surface area (Å²) in [5.74, 6) is 0.423. The van der Waals surface area contributed by atoms with E-state index in [0.717, 1.165) is 11.0 Å². The Hall–Kier alpha value is -1.55. The number of hydrogen-bond donors (Lipinski definition) is 0. The van der Waals surface area contributed by atoms with E-state index in [1.54, 1.807) is 6.92 Å². The predicted octanol–water partition coefficient (Wildman–Crippen LogP) is 3.38. The zero-order chi connectivity index (χ0) is 14.0. The van der Waals surface area contributed by atoms with Crippen molar-refractivity contribution in [3.63, 3.8) is 0 Å². The maximum atomic E-state index is 11.6. The second-order valence-electron chi connectivity index (χ2n) is 4.58. The fourth-order valence-electron chi connectivity index (χ4n) is 2.18. The van der Waals surface area contributed by atoms with Crippen LogP contribution in [0.4, 0.5) is 0 Å². The lowest BCUT2D eigenvalue weighted by Gasteiger charge is -2.13. The van der Waals surface area contributed by atoms with E-state index in [1.807, 2.05) is 36.6 Å². The van der Waals surface area contributed by atoms with Gasteiger partial charge in [-0.25, -0.2) is 4.98 Å². The molecule has 0 saturated heterocycles. The summed E-state index contributed by atoms with van der Waals surface area (Å²) >= 11 is 6.24. The maximum absolute atomic E-state index is 11.6. The highest BCUT2D eigenvalue weighted by molar-refractivity contribution is 6.35. The Morgan fingerprint density at radius 2 is 2.21 bits per heavy atom. The van der Waals surface area contributed by atoms with Crippen LogP contribution >= 0.6 is 11.6 Å². The van der Waals surface area contributed by atoms with Crippen LogP contribution < -0.4 is 0 Å². The molecule has 5 heteroatoms. The van der Waals surface area contributed by atoms with E-state index in [1.165, 1.54) is 0 Å². The van der Waals surface area contributed by atoms with Crippen LogP contribution in [0, 0.1) is 0 Å². The summed E-state index contributed by atoms with van der Waals surface area (Å²) in [6.45, 7) is 6.25. The summed E-state index contributed by atoms with van der Waals surface area (Å²) in [7, 11) is 0. The minimum atomic E-state index is -0.268. The van der Waals surface area contributed by atoms with Gasteiger partial charge in [0.15, 0.2) is 0 Å². The molecule has 1 heterocycles. The van der Waals surface area contributed by atoms with Gasteiger partial charge in [0.2, 0.25) is 0 Å². The summed E-state index contributed by atoms with van der Waals surface area (Å²) in [5.41, 5.74) is 1.68. The van der Waals surface area contributed by atoms with Crippen LogP contribution in [-0.2, 0) is 16.0 Å². The van der Waals surface area contributed by atoms with Gasteiger partial charge in [-0.15, -0.1) is 0 Å². The molecule has 19 heavy (non-hydrogen) atoms. The number of nitrogens with zero attached hydrogens (tertiary/aromatic N) is 2. The Labute approximate surface area is 117 Å². The largest absolute Gasteiger partial charge is 0.466 e. The number of benzene rings is 1. The summed E-state index contributed by atoms with van der Waals surface area (Å²) in [6, 6.07) is 5.76. The van der Waals surface area contributed by atoms with Gasteiger partial charge in [0.25, 0.3) is 0 Å². The molecule has 102 valence electrons. The molecule has 2 rings (SSSR count). The number of rotatable bonds is 4. The van der Waals surface area contributed by atoms with Crippen molar-refractivity contribution in [2.45, 2.75) is 33.2 Å². The predicted molar refractivity (Wildman–Crippen MR) is 75.5 cm³/mol. The van der Waals surface area contributed by atoms with E-state index < -0.39 is 0 Å². The molecule has 0 fully saturated rings. The number of ether oxygens (including phenoxy) is 1. The fraction of sp³-hybridized carbons (Fsp3) is 0.429. The average Bonchev–Trinajstić information content (AvgIpc) is 2.68. The highest BCUT2D eigenvalue weighted by Crippen LogP contribution is 2.27. The molecule has 1 aromatic heterocycles. The minimum Gasteiger partial charge on any atom is -0.466 e. The Balaban J connectivity index is 2.51. The van der Waals surface area contributed by atoms with Crippen LogP contribution in [0.15, 0.2) is 18.2 Å². The molecule has 0 aliphatic carbocycles. The summed E-state index contributed by atoms with van der Waals surface area (Å²) in [4.78, 5) is 16.1. The van der Waals surface area contributed by atoms with Gasteiger partial charge in [0, 0.05) is 6.04 Å². The first-order valence-electron chi connectivity index (χ1n) is 6.35. The van der Waals surface area contributed by atoms with Crippen molar-refractivity contribution in [3.8, 4) is 0 Å². The van der Waals surface area contributed by atoms with Gasteiger partial charge < -0.3 is 9.30 Å². The van der Waals surface area contributed by atoms with Crippen LogP contribution in [0.1, 0.15) is 32.6 Å². The van der Waals surface area contributed by atoms with Crippen molar-refractivity contribution in [2.24, 2.45) is 0 Å². The zero-order valence-electron chi connectivity index (χ0n) is 11.3. The normalized spacial score (nSPS) is 11.2. The van der Waals surface area contributed by atoms with Crippen LogP contribution in [0.25, 0.3) is 11.0 Å². The molecule has 0 atom stereocenters. The average molecular weight is 281 g/mol. The lowest BCUT2D eigenvalue weighted by molar-refractivity contribution is -0.142. The molecule has 0 spiro atoms. The molecular formula is C14H17ClN2O2. The standard InChI is InChI=1S/C14H17ClN2O2/c1-4-19-13(18)8-12-16-11-7-5-6-10(15)14(11)17(12)9(2)3/h5-7,9H,4,8H2,1-3H3. The lowest BCUT2D eigenvalue weighted by Crippen LogP contribution is -2.14. The monoisotopic (exact) mass is 280 g/mol. The number of carbonyl (C=O) groups excluding carboxylic acids is 1. The molecule has 0 saturated carbocycles. The zero-order valence-corrected chi connectivity index (χ0v) is 12.1. The Morgan fingerprint density at radius 1 is 1.47 bits per heavy atom. The van der Waals surface area contributed by atoms with Crippen LogP contribution in [0.3, 0.4) is 0 Å². The quantitative estimate of drug-likeness (QED) is 0.807. The minimum absolute atomic E-state index is 0.164. The van der Waals surface area contributed by atoms with Crippen molar-refractivity contribution in [3.05, 3.63) is 29.0 Å². The van der Waals surface area contributed by atoms with Gasteiger partial charge in [-0.2, -0.15) is 0 Å². The van der Waals surface area contributed by atoms with Crippen LogP contribution in [0.5, 0.6) is 0 Å². The summed E-state index contributed by atoms with van der Waals surface area (Å²) in [6.07, 6.45) is 0.164. The molecule has 0 unspecified atom stereocenters. The first kappa shape index (κ1) is 13.9. The van der Waals surface area contributed by atoms with Gasteiger partial charge >= 0.3 is 5.97 Å². The highest BCUT2D eigenvalue weighted by Gasteiger charge is 2.18. The third-order valence-electron chi connectivity index (χ3n) is 2.86. The number of halogens is 1. The smallest absolute Gasteiger partial charge is 0.313 e. The van der Waals surface area contributed by atoms with Crippen molar-refractivity contribution in [1.82, 2.24) is 9.55 Å². The second kappa shape index (κ2) is 5.61. The van der Waals surface area contributed by atoms with Crippen LogP contribution in [-0.4, -0.2) is 22.1 Å². The SMILES string of the molecule is CCOC(=O)Cc1nc2cccc(Cl)c2n1C(C)C. The molecule has 4 nitrogen and oxygen atoms in total. The van der Waals surface area contributed by atoms with Gasteiger partial charge in [0.05, 0.1) is 22.7 Å². The van der Waals surface area contributed by atoms with Crippen LogP contribution in [0.2, 0.25) is 5.02 Å². The number of imidazole rings is 1. The fourth-order valence-corrected chi connectivity index (χ4v) is 2.44. The van der Waals surface area contributed by atoms with Gasteiger partial charge in [-0.05, 0) is 32.9 Å². The molecule has 1 aromatic carbocycles. The number of fused-ring (bicyclic) bond motifs is 1. The van der Waals surface area contributed by atoms with Crippen molar-refractivity contribution >= 4 is 28.6 Å². The van der Waals surface area contributed by atoms with E-state index in [4.69, 9.17) is 16.3 Å². The number of hydrogen-bond acceptors (Lipinski definition) is 3. The molecule has 0 aliphatic heterocycles.